The van der Waals surface area contributed by atoms with Crippen LogP contribution in [0.1, 0.15) is 5.56 Å². The van der Waals surface area contributed by atoms with E-state index in [1.165, 1.54) is 24.3 Å². The van der Waals surface area contributed by atoms with Gasteiger partial charge in [0.25, 0.3) is 10.0 Å². The van der Waals surface area contributed by atoms with Crippen molar-refractivity contribution in [3.05, 3.63) is 89.4 Å². The minimum Gasteiger partial charge on any atom is -0.240 e. The molecule has 0 saturated heterocycles. The molecule has 1 aromatic heterocycles. The molecule has 31 heavy (non-hydrogen) atoms. The fourth-order valence-electron chi connectivity index (χ4n) is 3.01. The summed E-state index contributed by atoms with van der Waals surface area (Å²) in [6.45, 7) is 1.79. The summed E-state index contributed by atoms with van der Waals surface area (Å²) in [6, 6.07) is 12.2. The first kappa shape index (κ1) is 21.4. The highest BCUT2D eigenvalue weighted by Crippen LogP contribution is 2.40. The van der Waals surface area contributed by atoms with Gasteiger partial charge in [0.1, 0.15) is 0 Å². The van der Waals surface area contributed by atoms with Crippen molar-refractivity contribution in [3.8, 4) is 0 Å². The molecule has 0 aliphatic carbocycles. The van der Waals surface area contributed by atoms with E-state index in [2.05, 4.69) is 0 Å². The second-order valence-corrected chi connectivity index (χ2v) is 9.49. The van der Waals surface area contributed by atoms with Crippen LogP contribution in [0.2, 0.25) is 0 Å². The quantitative estimate of drug-likeness (QED) is 0.208. The van der Waals surface area contributed by atoms with Gasteiger partial charge in [-0.2, -0.15) is 0 Å². The summed E-state index contributed by atoms with van der Waals surface area (Å²) in [5.74, 6) is -10.4. The van der Waals surface area contributed by atoms with E-state index in [4.69, 9.17) is 0 Å². The molecule has 1 heterocycles. The highest BCUT2D eigenvalue weighted by molar-refractivity contribution is 7.99. The molecule has 10 heteroatoms. The molecule has 3 nitrogen and oxygen atoms in total. The zero-order valence-electron chi connectivity index (χ0n) is 15.7. The maximum Gasteiger partial charge on any atom is 0.268 e. The van der Waals surface area contributed by atoms with E-state index in [0.717, 1.165) is 15.7 Å². The van der Waals surface area contributed by atoms with E-state index in [9.17, 15) is 30.4 Å². The zero-order valence-corrected chi connectivity index (χ0v) is 17.3. The molecular weight excluding hydrogens is 457 g/mol. The molecule has 0 aliphatic rings. The lowest BCUT2D eigenvalue weighted by Crippen LogP contribution is -2.11. The van der Waals surface area contributed by atoms with Gasteiger partial charge in [-0.25, -0.2) is 34.3 Å². The summed E-state index contributed by atoms with van der Waals surface area (Å²) >= 11 is 0.260. The summed E-state index contributed by atoms with van der Waals surface area (Å²) in [4.78, 5) is -1.13. The molecule has 0 saturated carbocycles. The fourth-order valence-corrected chi connectivity index (χ4v) is 5.46. The van der Waals surface area contributed by atoms with Gasteiger partial charge in [-0.3, -0.25) is 0 Å². The third-order valence-corrected chi connectivity index (χ3v) is 7.40. The summed E-state index contributed by atoms with van der Waals surface area (Å²) < 4.78 is 96.1. The van der Waals surface area contributed by atoms with Crippen molar-refractivity contribution in [3.63, 3.8) is 0 Å². The van der Waals surface area contributed by atoms with Gasteiger partial charge >= 0.3 is 0 Å². The molecule has 4 aromatic rings. The van der Waals surface area contributed by atoms with Crippen LogP contribution in [0, 0.1) is 36.0 Å². The van der Waals surface area contributed by atoms with E-state index in [0.29, 0.717) is 0 Å². The van der Waals surface area contributed by atoms with E-state index in [-0.39, 0.29) is 32.5 Å². The van der Waals surface area contributed by atoms with Gasteiger partial charge in [0.15, 0.2) is 23.3 Å². The largest absolute Gasteiger partial charge is 0.268 e. The van der Waals surface area contributed by atoms with Crippen molar-refractivity contribution >= 4 is 32.7 Å². The lowest BCUT2D eigenvalue weighted by Gasteiger charge is -2.08. The number of hydrogen-bond donors (Lipinski definition) is 0. The first-order chi connectivity index (χ1) is 14.6. The van der Waals surface area contributed by atoms with Gasteiger partial charge in [-0.05, 0) is 25.1 Å². The van der Waals surface area contributed by atoms with Gasteiger partial charge in [0.05, 0.1) is 15.3 Å². The van der Waals surface area contributed by atoms with Crippen molar-refractivity contribution < 1.29 is 30.4 Å². The van der Waals surface area contributed by atoms with E-state index >= 15 is 0 Å². The molecule has 0 aliphatic heterocycles. The second-order valence-electron chi connectivity index (χ2n) is 6.63. The van der Waals surface area contributed by atoms with Crippen LogP contribution >= 0.6 is 11.8 Å². The maximum atomic E-state index is 14.2. The lowest BCUT2D eigenvalue weighted by molar-refractivity contribution is 0.361. The van der Waals surface area contributed by atoms with Crippen molar-refractivity contribution in [1.82, 2.24) is 3.97 Å². The Balaban J connectivity index is 1.91. The van der Waals surface area contributed by atoms with Gasteiger partial charge in [0.2, 0.25) is 5.82 Å². The molecule has 0 fully saturated rings. The van der Waals surface area contributed by atoms with E-state index < -0.39 is 44.0 Å². The van der Waals surface area contributed by atoms with Gasteiger partial charge in [-0.15, -0.1) is 0 Å². The number of aryl methyl sites for hydroxylation is 1. The van der Waals surface area contributed by atoms with E-state index in [1.54, 1.807) is 31.2 Å². The van der Waals surface area contributed by atoms with Crippen molar-refractivity contribution in [2.45, 2.75) is 21.6 Å². The third kappa shape index (κ3) is 3.49. The van der Waals surface area contributed by atoms with Crippen molar-refractivity contribution in [2.24, 2.45) is 0 Å². The van der Waals surface area contributed by atoms with Crippen LogP contribution in [0.15, 0.2) is 69.4 Å². The third-order valence-electron chi connectivity index (χ3n) is 4.60. The number of hydrogen-bond acceptors (Lipinski definition) is 3. The summed E-state index contributed by atoms with van der Waals surface area (Å²) in [5.41, 5.74) is 1.04. The number of nitrogens with zero attached hydrogens (tertiary/aromatic N) is 1. The predicted molar refractivity (Wildman–Crippen MR) is 106 cm³/mol. The van der Waals surface area contributed by atoms with Crippen LogP contribution in [0.5, 0.6) is 0 Å². The van der Waals surface area contributed by atoms with Crippen LogP contribution in [0.25, 0.3) is 10.9 Å². The number of fused-ring (bicyclic) bond motifs is 1. The molecule has 0 atom stereocenters. The molecule has 0 unspecified atom stereocenters. The molecule has 0 bridgehead atoms. The Morgan fingerprint density at radius 3 is 1.94 bits per heavy atom. The minimum absolute atomic E-state index is 0.00879. The molecule has 0 radical (unpaired) electrons. The number of aromatic nitrogens is 1. The Morgan fingerprint density at radius 2 is 1.32 bits per heavy atom. The monoisotopic (exact) mass is 469 g/mol. The molecule has 0 spiro atoms. The first-order valence-corrected chi connectivity index (χ1v) is 11.0. The predicted octanol–water partition coefficient (Wildman–Crippen LogP) is 6.03. The topological polar surface area (TPSA) is 39.1 Å². The fraction of sp³-hybridized carbons (Fsp3) is 0.0476. The highest BCUT2D eigenvalue weighted by atomic mass is 32.2. The first-order valence-electron chi connectivity index (χ1n) is 8.74. The maximum absolute atomic E-state index is 14.2. The zero-order chi connectivity index (χ0) is 22.5. The molecule has 0 N–H and O–H groups in total. The van der Waals surface area contributed by atoms with Crippen LogP contribution in [-0.2, 0) is 10.0 Å². The molecular formula is C21H12F5NO2S2. The highest BCUT2D eigenvalue weighted by Gasteiger charge is 2.28. The van der Waals surface area contributed by atoms with Crippen LogP contribution < -0.4 is 0 Å². The minimum atomic E-state index is -4.09. The Kier molecular flexibility index (Phi) is 5.30. The van der Waals surface area contributed by atoms with Crippen molar-refractivity contribution in [2.75, 3.05) is 0 Å². The summed E-state index contributed by atoms with van der Waals surface area (Å²) in [7, 11) is -4.09. The van der Waals surface area contributed by atoms with Crippen LogP contribution in [0.3, 0.4) is 0 Å². The SMILES string of the molecule is Cc1ccc(S(=O)(=O)n2cc(Sc3c(F)c(F)c(F)c(F)c3F)c3ccccc32)cc1. The molecule has 3 aromatic carbocycles. The Morgan fingerprint density at radius 1 is 0.774 bits per heavy atom. The number of rotatable bonds is 4. The molecule has 160 valence electrons. The standard InChI is InChI=1S/C21H12F5NO2S2/c1-11-6-8-12(9-7-11)31(28,29)27-10-15(13-4-2-3-5-14(13)27)30-21-19(25)17(23)16(22)18(24)20(21)26/h2-10H,1H3. The average Bonchev–Trinajstić information content (AvgIpc) is 3.13. The van der Waals surface area contributed by atoms with Gasteiger partial charge in [0, 0.05) is 16.5 Å². The Labute approximate surface area is 178 Å². The lowest BCUT2D eigenvalue weighted by atomic mass is 10.2. The number of benzene rings is 3. The molecule has 4 rings (SSSR count). The van der Waals surface area contributed by atoms with Gasteiger partial charge in [-0.1, -0.05) is 47.7 Å². The van der Waals surface area contributed by atoms with E-state index in [1.807, 2.05) is 0 Å². The van der Waals surface area contributed by atoms with Crippen LogP contribution in [-0.4, -0.2) is 12.4 Å². The van der Waals surface area contributed by atoms with Crippen molar-refractivity contribution in [1.29, 1.82) is 0 Å². The van der Waals surface area contributed by atoms with Crippen LogP contribution in [0.4, 0.5) is 22.0 Å². The number of halogens is 5. The Hall–Kier alpha value is -2.85. The summed E-state index contributed by atoms with van der Waals surface area (Å²) in [5, 5.41) is 0.270. The average molecular weight is 469 g/mol. The molecule has 0 amide bonds. The smallest absolute Gasteiger partial charge is 0.240 e. The Bertz CT molecular complexity index is 1400. The number of para-hydroxylation sites is 1. The summed E-state index contributed by atoms with van der Waals surface area (Å²) in [6.07, 6.45) is 1.10. The normalized spacial score (nSPS) is 11.9. The second kappa shape index (κ2) is 7.69. The van der Waals surface area contributed by atoms with Gasteiger partial charge < -0.3 is 0 Å².